The van der Waals surface area contributed by atoms with Gasteiger partial charge in [0, 0.05) is 5.02 Å². The molecule has 4 heteroatoms. The lowest BCUT2D eigenvalue weighted by Gasteiger charge is -2.04. The van der Waals surface area contributed by atoms with Gasteiger partial charge in [0.1, 0.15) is 5.75 Å². The lowest BCUT2D eigenvalue weighted by molar-refractivity contribution is -0.113. The Morgan fingerprint density at radius 1 is 1.54 bits per heavy atom. The van der Waals surface area contributed by atoms with Gasteiger partial charge in [-0.1, -0.05) is 17.7 Å². The van der Waals surface area contributed by atoms with Crippen LogP contribution in [0.25, 0.3) is 0 Å². The molecule has 0 aliphatic heterocycles. The Kier molecular flexibility index (Phi) is 3.58. The van der Waals surface area contributed by atoms with Crippen LogP contribution in [0.2, 0.25) is 5.02 Å². The van der Waals surface area contributed by atoms with Crippen LogP contribution in [-0.2, 0) is 4.79 Å². The molecule has 1 aromatic carbocycles. The van der Waals surface area contributed by atoms with Crippen molar-refractivity contribution in [2.45, 2.75) is 6.92 Å². The monoisotopic (exact) mass is 218 g/mol. The van der Waals surface area contributed by atoms with Crippen LogP contribution in [0.15, 0.2) is 18.2 Å². The summed E-state index contributed by atoms with van der Waals surface area (Å²) in [6.45, 7) is 1.75. The van der Waals surface area contributed by atoms with Gasteiger partial charge in [-0.3, -0.25) is 4.79 Å². The quantitative estimate of drug-likeness (QED) is 0.730. The van der Waals surface area contributed by atoms with E-state index in [0.717, 1.165) is 5.56 Å². The van der Waals surface area contributed by atoms with E-state index in [-0.39, 0.29) is 6.61 Å². The van der Waals surface area contributed by atoms with Crippen LogP contribution >= 0.6 is 23.2 Å². The van der Waals surface area contributed by atoms with Crippen molar-refractivity contribution in [3.8, 4) is 5.75 Å². The highest BCUT2D eigenvalue weighted by molar-refractivity contribution is 6.63. The van der Waals surface area contributed by atoms with E-state index in [1.165, 1.54) is 0 Å². The van der Waals surface area contributed by atoms with Crippen LogP contribution in [0, 0.1) is 6.92 Å². The Balaban J connectivity index is 2.68. The molecule has 0 N–H and O–H groups in total. The van der Waals surface area contributed by atoms with Gasteiger partial charge in [-0.25, -0.2) is 0 Å². The van der Waals surface area contributed by atoms with Crippen LogP contribution in [0.4, 0.5) is 0 Å². The molecule has 1 aromatic rings. The maximum Gasteiger partial charge on any atom is 0.259 e. The van der Waals surface area contributed by atoms with E-state index in [9.17, 15) is 4.79 Å². The molecule has 13 heavy (non-hydrogen) atoms. The van der Waals surface area contributed by atoms with E-state index in [1.807, 2.05) is 13.0 Å². The van der Waals surface area contributed by atoms with Crippen molar-refractivity contribution in [2.24, 2.45) is 0 Å². The number of benzene rings is 1. The molecule has 0 heterocycles. The van der Waals surface area contributed by atoms with Gasteiger partial charge in [-0.05, 0) is 36.2 Å². The van der Waals surface area contributed by atoms with Gasteiger partial charge in [0.2, 0.25) is 0 Å². The summed E-state index contributed by atoms with van der Waals surface area (Å²) in [5.41, 5.74) is 0.964. The van der Waals surface area contributed by atoms with Crippen LogP contribution in [0.3, 0.4) is 0 Å². The first-order valence-corrected chi connectivity index (χ1v) is 4.42. The fraction of sp³-hybridized carbons (Fsp3) is 0.222. The summed E-state index contributed by atoms with van der Waals surface area (Å²) in [5.74, 6) is 0.546. The van der Waals surface area contributed by atoms with E-state index in [2.05, 4.69) is 0 Å². The molecule has 0 atom stereocenters. The van der Waals surface area contributed by atoms with Crippen LogP contribution in [0.1, 0.15) is 5.56 Å². The van der Waals surface area contributed by atoms with Crippen LogP contribution in [-0.4, -0.2) is 11.8 Å². The van der Waals surface area contributed by atoms with E-state index in [0.29, 0.717) is 10.8 Å². The fourth-order valence-corrected chi connectivity index (χ4v) is 1.03. The zero-order chi connectivity index (χ0) is 9.84. The highest BCUT2D eigenvalue weighted by Gasteiger charge is 2.00. The average molecular weight is 219 g/mol. The summed E-state index contributed by atoms with van der Waals surface area (Å²) >= 11 is 10.9. The topological polar surface area (TPSA) is 26.3 Å². The second-order valence-corrected chi connectivity index (χ2v) is 3.38. The van der Waals surface area contributed by atoms with E-state index >= 15 is 0 Å². The number of halogens is 2. The smallest absolute Gasteiger partial charge is 0.259 e. The Morgan fingerprint density at radius 2 is 2.23 bits per heavy atom. The highest BCUT2D eigenvalue weighted by Crippen LogP contribution is 2.21. The predicted molar refractivity (Wildman–Crippen MR) is 52.5 cm³/mol. The Hall–Kier alpha value is -0.730. The first kappa shape index (κ1) is 10.4. The molecule has 0 spiro atoms. The van der Waals surface area contributed by atoms with Crippen molar-refractivity contribution in [2.75, 3.05) is 6.61 Å². The number of hydrogen-bond donors (Lipinski definition) is 0. The van der Waals surface area contributed by atoms with Gasteiger partial charge in [0.15, 0.2) is 6.61 Å². The molecule has 1 rings (SSSR count). The van der Waals surface area contributed by atoms with Crippen molar-refractivity contribution in [1.82, 2.24) is 0 Å². The van der Waals surface area contributed by atoms with E-state index in [1.54, 1.807) is 12.1 Å². The standard InChI is InChI=1S/C9H8Cl2O2/c1-6-2-3-7(4-8(6)10)13-5-9(11)12/h2-4H,5H2,1H3. The second-order valence-electron chi connectivity index (χ2n) is 2.55. The van der Waals surface area contributed by atoms with Crippen LogP contribution in [0.5, 0.6) is 5.75 Å². The SMILES string of the molecule is Cc1ccc(OCC(=O)Cl)cc1Cl. The molecule has 0 radical (unpaired) electrons. The van der Waals surface area contributed by atoms with Gasteiger partial charge in [-0.15, -0.1) is 0 Å². The lowest BCUT2D eigenvalue weighted by atomic mass is 10.2. The molecule has 0 unspecified atom stereocenters. The van der Waals surface area contributed by atoms with Crippen molar-refractivity contribution < 1.29 is 9.53 Å². The minimum Gasteiger partial charge on any atom is -0.484 e. The minimum absolute atomic E-state index is 0.138. The molecular weight excluding hydrogens is 211 g/mol. The number of hydrogen-bond acceptors (Lipinski definition) is 2. The summed E-state index contributed by atoms with van der Waals surface area (Å²) in [6.07, 6.45) is 0. The Labute approximate surface area is 86.4 Å². The summed E-state index contributed by atoms with van der Waals surface area (Å²) < 4.78 is 5.04. The largest absolute Gasteiger partial charge is 0.484 e. The molecular formula is C9H8Cl2O2. The summed E-state index contributed by atoms with van der Waals surface area (Å²) in [6, 6.07) is 5.20. The van der Waals surface area contributed by atoms with Crippen molar-refractivity contribution in [3.05, 3.63) is 28.8 Å². The van der Waals surface area contributed by atoms with Gasteiger partial charge in [0.05, 0.1) is 0 Å². The zero-order valence-corrected chi connectivity index (χ0v) is 8.52. The molecule has 0 aliphatic carbocycles. The highest BCUT2D eigenvalue weighted by atomic mass is 35.5. The molecule has 0 amide bonds. The van der Waals surface area contributed by atoms with Crippen molar-refractivity contribution >= 4 is 28.4 Å². The number of aryl methyl sites for hydroxylation is 1. The second kappa shape index (κ2) is 4.49. The first-order chi connectivity index (χ1) is 6.09. The van der Waals surface area contributed by atoms with Crippen molar-refractivity contribution in [3.63, 3.8) is 0 Å². The van der Waals surface area contributed by atoms with E-state index < -0.39 is 5.24 Å². The molecule has 70 valence electrons. The number of carbonyl (C=O) groups excluding carboxylic acids is 1. The molecule has 0 saturated carbocycles. The number of carbonyl (C=O) groups is 1. The molecule has 0 bridgehead atoms. The molecule has 0 saturated heterocycles. The summed E-state index contributed by atoms with van der Waals surface area (Å²) in [5, 5.41) is 0.0798. The molecule has 0 aliphatic rings. The van der Waals surface area contributed by atoms with E-state index in [4.69, 9.17) is 27.9 Å². The summed E-state index contributed by atoms with van der Waals surface area (Å²) in [7, 11) is 0. The van der Waals surface area contributed by atoms with Gasteiger partial charge >= 0.3 is 0 Å². The maximum atomic E-state index is 10.4. The Morgan fingerprint density at radius 3 is 2.77 bits per heavy atom. The average Bonchev–Trinajstić information content (AvgIpc) is 2.07. The third-order valence-electron chi connectivity index (χ3n) is 1.50. The lowest BCUT2D eigenvalue weighted by Crippen LogP contribution is -2.04. The zero-order valence-electron chi connectivity index (χ0n) is 7.01. The van der Waals surface area contributed by atoms with Gasteiger partial charge in [0.25, 0.3) is 5.24 Å². The fourth-order valence-electron chi connectivity index (χ4n) is 0.803. The van der Waals surface area contributed by atoms with Gasteiger partial charge in [-0.2, -0.15) is 0 Å². The van der Waals surface area contributed by atoms with Crippen LogP contribution < -0.4 is 4.74 Å². The number of rotatable bonds is 3. The minimum atomic E-state index is -0.531. The third-order valence-corrected chi connectivity index (χ3v) is 2.01. The molecule has 0 aromatic heterocycles. The third kappa shape index (κ3) is 3.25. The van der Waals surface area contributed by atoms with Crippen molar-refractivity contribution in [1.29, 1.82) is 0 Å². The molecule has 2 nitrogen and oxygen atoms in total. The normalized spacial score (nSPS) is 9.77. The maximum absolute atomic E-state index is 10.4. The predicted octanol–water partition coefficient (Wildman–Crippen LogP) is 2.79. The van der Waals surface area contributed by atoms with Gasteiger partial charge < -0.3 is 4.74 Å². The molecule has 0 fully saturated rings. The summed E-state index contributed by atoms with van der Waals surface area (Å²) in [4.78, 5) is 10.4. The first-order valence-electron chi connectivity index (χ1n) is 3.67. The Bertz CT molecular complexity index is 323. The number of ether oxygens (including phenoxy) is 1.